The highest BCUT2D eigenvalue weighted by Gasteiger charge is 2.31. The van der Waals surface area contributed by atoms with Gasteiger partial charge < -0.3 is 10.4 Å². The van der Waals surface area contributed by atoms with E-state index < -0.39 is 0 Å². The molecule has 1 fully saturated rings. The molecule has 1 aromatic rings. The zero-order valence-electron chi connectivity index (χ0n) is 14.2. The molecule has 0 heterocycles. The van der Waals surface area contributed by atoms with Gasteiger partial charge in [-0.3, -0.25) is 0 Å². The van der Waals surface area contributed by atoms with E-state index in [1.165, 1.54) is 24.8 Å². The molecule has 21 heavy (non-hydrogen) atoms. The molecule has 0 amide bonds. The predicted octanol–water partition coefficient (Wildman–Crippen LogP) is 4.81. The van der Waals surface area contributed by atoms with E-state index in [0.717, 1.165) is 17.4 Å². The summed E-state index contributed by atoms with van der Waals surface area (Å²) in [7, 11) is 0. The van der Waals surface area contributed by atoms with Gasteiger partial charge in [0.2, 0.25) is 0 Å². The zero-order chi connectivity index (χ0) is 15.6. The van der Waals surface area contributed by atoms with Crippen LogP contribution in [0.4, 0.5) is 0 Å². The average Bonchev–Trinajstić information content (AvgIpc) is 2.41. The average molecular weight is 289 g/mol. The number of rotatable bonds is 4. The SMILES string of the molecule is Cc1ccc(O)c(C(C)NC2CC(C)CCC2C(C)C)c1. The zero-order valence-corrected chi connectivity index (χ0v) is 14.2. The van der Waals surface area contributed by atoms with E-state index in [2.05, 4.69) is 46.0 Å². The minimum absolute atomic E-state index is 0.196. The predicted molar refractivity (Wildman–Crippen MR) is 89.5 cm³/mol. The van der Waals surface area contributed by atoms with Crippen molar-refractivity contribution in [2.24, 2.45) is 17.8 Å². The maximum absolute atomic E-state index is 10.1. The normalized spacial score (nSPS) is 27.8. The van der Waals surface area contributed by atoms with Crippen molar-refractivity contribution in [1.82, 2.24) is 5.32 Å². The van der Waals surface area contributed by atoms with Crippen LogP contribution in [0.3, 0.4) is 0 Å². The van der Waals surface area contributed by atoms with Crippen LogP contribution in [0.1, 0.15) is 64.1 Å². The van der Waals surface area contributed by atoms with E-state index >= 15 is 0 Å². The van der Waals surface area contributed by atoms with Crippen LogP contribution in [0, 0.1) is 24.7 Å². The van der Waals surface area contributed by atoms with Gasteiger partial charge in [-0.25, -0.2) is 0 Å². The first kappa shape index (κ1) is 16.4. The highest BCUT2D eigenvalue weighted by atomic mass is 16.3. The van der Waals surface area contributed by atoms with E-state index in [1.807, 2.05) is 12.1 Å². The van der Waals surface area contributed by atoms with Gasteiger partial charge in [0.1, 0.15) is 5.75 Å². The summed E-state index contributed by atoms with van der Waals surface area (Å²) in [5.41, 5.74) is 2.23. The molecule has 0 aliphatic heterocycles. The molecule has 0 radical (unpaired) electrons. The molecule has 1 saturated carbocycles. The van der Waals surface area contributed by atoms with E-state index in [4.69, 9.17) is 0 Å². The Kier molecular flexibility index (Phi) is 5.32. The summed E-state index contributed by atoms with van der Waals surface area (Å²) in [6.07, 6.45) is 3.92. The van der Waals surface area contributed by atoms with Gasteiger partial charge >= 0.3 is 0 Å². The molecule has 2 rings (SSSR count). The molecule has 1 aliphatic rings. The molecule has 2 nitrogen and oxygen atoms in total. The first-order valence-corrected chi connectivity index (χ1v) is 8.44. The monoisotopic (exact) mass is 289 g/mol. The molecule has 4 unspecified atom stereocenters. The number of hydrogen-bond donors (Lipinski definition) is 2. The van der Waals surface area contributed by atoms with E-state index in [-0.39, 0.29) is 6.04 Å². The Morgan fingerprint density at radius 3 is 2.57 bits per heavy atom. The summed E-state index contributed by atoms with van der Waals surface area (Å²) in [6, 6.07) is 6.63. The summed E-state index contributed by atoms with van der Waals surface area (Å²) in [5, 5.41) is 13.9. The fourth-order valence-electron chi connectivity index (χ4n) is 3.83. The largest absolute Gasteiger partial charge is 0.508 e. The lowest BCUT2D eigenvalue weighted by molar-refractivity contribution is 0.160. The van der Waals surface area contributed by atoms with Crippen LogP contribution >= 0.6 is 0 Å². The van der Waals surface area contributed by atoms with Gasteiger partial charge in [0.05, 0.1) is 0 Å². The van der Waals surface area contributed by atoms with Gasteiger partial charge in [0, 0.05) is 17.6 Å². The first-order chi connectivity index (χ1) is 9.88. The standard InChI is InChI=1S/C19H31NO/c1-12(2)16-8-6-14(4)11-18(16)20-15(5)17-10-13(3)7-9-19(17)21/h7,9-10,12,14-16,18,20-21H,6,8,11H2,1-5H3. The topological polar surface area (TPSA) is 32.3 Å². The number of benzene rings is 1. The smallest absolute Gasteiger partial charge is 0.120 e. The fraction of sp³-hybridized carbons (Fsp3) is 0.684. The van der Waals surface area contributed by atoms with Gasteiger partial charge in [-0.1, -0.05) is 44.9 Å². The summed E-state index contributed by atoms with van der Waals surface area (Å²) >= 11 is 0. The van der Waals surface area contributed by atoms with E-state index in [1.54, 1.807) is 0 Å². The van der Waals surface area contributed by atoms with Crippen LogP contribution < -0.4 is 5.32 Å². The Balaban J connectivity index is 2.12. The number of aryl methyl sites for hydroxylation is 1. The lowest BCUT2D eigenvalue weighted by Gasteiger charge is -2.39. The van der Waals surface area contributed by atoms with Crippen molar-refractivity contribution < 1.29 is 5.11 Å². The molecule has 1 aliphatic carbocycles. The molecule has 4 atom stereocenters. The van der Waals surface area contributed by atoms with Crippen molar-refractivity contribution in [3.63, 3.8) is 0 Å². The van der Waals surface area contributed by atoms with Crippen LogP contribution in [0.15, 0.2) is 18.2 Å². The van der Waals surface area contributed by atoms with Crippen LogP contribution in [0.5, 0.6) is 5.75 Å². The Bertz CT molecular complexity index is 469. The van der Waals surface area contributed by atoms with Gasteiger partial charge in [-0.2, -0.15) is 0 Å². The van der Waals surface area contributed by atoms with Crippen molar-refractivity contribution >= 4 is 0 Å². The maximum Gasteiger partial charge on any atom is 0.120 e. The molecule has 1 aromatic carbocycles. The summed E-state index contributed by atoms with van der Waals surface area (Å²) in [5.74, 6) is 2.67. The van der Waals surface area contributed by atoms with Crippen molar-refractivity contribution in [2.75, 3.05) is 0 Å². The van der Waals surface area contributed by atoms with Crippen LogP contribution in [-0.4, -0.2) is 11.1 Å². The third-order valence-electron chi connectivity index (χ3n) is 5.14. The van der Waals surface area contributed by atoms with Crippen molar-refractivity contribution in [3.8, 4) is 5.75 Å². The third-order valence-corrected chi connectivity index (χ3v) is 5.14. The second-order valence-electron chi connectivity index (χ2n) is 7.38. The number of aromatic hydroxyl groups is 1. The minimum atomic E-state index is 0.196. The van der Waals surface area contributed by atoms with Gasteiger partial charge in [-0.15, -0.1) is 0 Å². The van der Waals surface area contributed by atoms with Crippen LogP contribution in [-0.2, 0) is 0 Å². The Morgan fingerprint density at radius 2 is 1.90 bits per heavy atom. The van der Waals surface area contributed by atoms with Gasteiger partial charge in [0.15, 0.2) is 0 Å². The number of nitrogens with one attached hydrogen (secondary N) is 1. The Morgan fingerprint density at radius 1 is 1.19 bits per heavy atom. The molecule has 0 bridgehead atoms. The molecule has 0 spiro atoms. The summed E-state index contributed by atoms with van der Waals surface area (Å²) < 4.78 is 0. The molecule has 118 valence electrons. The van der Waals surface area contributed by atoms with Gasteiger partial charge in [0.25, 0.3) is 0 Å². The molecular weight excluding hydrogens is 258 g/mol. The van der Waals surface area contributed by atoms with Crippen molar-refractivity contribution in [3.05, 3.63) is 29.3 Å². The highest BCUT2D eigenvalue weighted by molar-refractivity contribution is 5.37. The molecule has 0 aromatic heterocycles. The van der Waals surface area contributed by atoms with Crippen LogP contribution in [0.25, 0.3) is 0 Å². The van der Waals surface area contributed by atoms with Crippen molar-refractivity contribution in [1.29, 1.82) is 0 Å². The molecular formula is C19H31NO. The number of phenols is 1. The number of phenolic OH excluding ortho intramolecular Hbond substituents is 1. The second-order valence-corrected chi connectivity index (χ2v) is 7.38. The molecule has 2 heteroatoms. The Hall–Kier alpha value is -1.02. The van der Waals surface area contributed by atoms with Crippen molar-refractivity contribution in [2.45, 2.75) is 66.0 Å². The summed E-state index contributed by atoms with van der Waals surface area (Å²) in [4.78, 5) is 0. The molecule has 2 N–H and O–H groups in total. The fourth-order valence-corrected chi connectivity index (χ4v) is 3.83. The van der Waals surface area contributed by atoms with E-state index in [9.17, 15) is 5.11 Å². The first-order valence-electron chi connectivity index (χ1n) is 8.44. The quantitative estimate of drug-likeness (QED) is 0.833. The van der Waals surface area contributed by atoms with Gasteiger partial charge in [-0.05, 0) is 50.5 Å². The summed E-state index contributed by atoms with van der Waals surface area (Å²) in [6.45, 7) is 11.3. The van der Waals surface area contributed by atoms with Crippen LogP contribution in [0.2, 0.25) is 0 Å². The molecule has 0 saturated heterocycles. The Labute approximate surface area is 130 Å². The minimum Gasteiger partial charge on any atom is -0.508 e. The lowest BCUT2D eigenvalue weighted by atomic mass is 9.73. The lowest BCUT2D eigenvalue weighted by Crippen LogP contribution is -2.43. The van der Waals surface area contributed by atoms with E-state index in [0.29, 0.717) is 17.7 Å². The third kappa shape index (κ3) is 4.00. The number of hydrogen-bond acceptors (Lipinski definition) is 2. The highest BCUT2D eigenvalue weighted by Crippen LogP contribution is 2.35. The second kappa shape index (κ2) is 6.83. The maximum atomic E-state index is 10.1.